The molecule has 0 aromatic heterocycles. The number of phenolic OH excluding ortho intramolecular Hbond substituents is 2. The molecule has 0 spiro atoms. The van der Waals surface area contributed by atoms with Gasteiger partial charge in [-0.25, -0.2) is 0 Å². The first-order chi connectivity index (χ1) is 12.0. The summed E-state index contributed by atoms with van der Waals surface area (Å²) in [5.41, 5.74) is 6.42. The van der Waals surface area contributed by atoms with Crippen LogP contribution in [0.3, 0.4) is 0 Å². The van der Waals surface area contributed by atoms with Gasteiger partial charge in [0.25, 0.3) is 0 Å². The first-order valence-corrected chi connectivity index (χ1v) is 8.25. The highest BCUT2D eigenvalue weighted by atomic mass is 35.5. The summed E-state index contributed by atoms with van der Waals surface area (Å²) >= 11 is 11.5. The molecule has 0 saturated carbocycles. The predicted octanol–water partition coefficient (Wildman–Crippen LogP) is 5.02. The van der Waals surface area contributed by atoms with Crippen LogP contribution < -0.4 is 10.5 Å². The van der Waals surface area contributed by atoms with Gasteiger partial charge in [0.15, 0.2) is 5.75 Å². The van der Waals surface area contributed by atoms with Gasteiger partial charge in [-0.15, -0.1) is 0 Å². The van der Waals surface area contributed by atoms with Crippen molar-refractivity contribution >= 4 is 34.6 Å². The number of nitro groups is 1. The van der Waals surface area contributed by atoms with Crippen LogP contribution in [0.2, 0.25) is 10.0 Å². The molecule has 0 bridgehead atoms. The van der Waals surface area contributed by atoms with Gasteiger partial charge in [0, 0.05) is 22.2 Å². The summed E-state index contributed by atoms with van der Waals surface area (Å²) in [7, 11) is 1.49. The quantitative estimate of drug-likeness (QED) is 0.287. The third-order valence-electron chi connectivity index (χ3n) is 3.58. The lowest BCUT2D eigenvalue weighted by molar-refractivity contribution is -0.385. The number of halogens is 2. The molecule has 0 aliphatic rings. The number of rotatable bonds is 3. The minimum Gasteiger partial charge on any atom is -0.505 e. The lowest BCUT2D eigenvalue weighted by Crippen LogP contribution is -1.94. The highest BCUT2D eigenvalue weighted by molar-refractivity contribution is 6.32. The Balaban J connectivity index is 0.000000263. The first-order valence-electron chi connectivity index (χ1n) is 7.49. The maximum atomic E-state index is 10.5. The van der Waals surface area contributed by atoms with E-state index in [-0.39, 0.29) is 33.8 Å². The molecule has 0 aliphatic heterocycles. The molecule has 9 heteroatoms. The third kappa shape index (κ3) is 4.83. The van der Waals surface area contributed by atoms with E-state index in [1.807, 2.05) is 13.8 Å². The molecule has 0 fully saturated rings. The van der Waals surface area contributed by atoms with Crippen LogP contribution in [-0.4, -0.2) is 22.2 Å². The van der Waals surface area contributed by atoms with Crippen molar-refractivity contribution in [3.05, 3.63) is 49.5 Å². The smallest absolute Gasteiger partial charge is 0.312 e. The molecule has 0 heterocycles. The van der Waals surface area contributed by atoms with Crippen LogP contribution in [-0.2, 0) is 0 Å². The summed E-state index contributed by atoms with van der Waals surface area (Å²) in [6, 6.07) is 4.14. The molecule has 0 atom stereocenters. The number of anilines is 1. The zero-order valence-electron chi connectivity index (χ0n) is 14.7. The molecule has 0 unspecified atom stereocenters. The first kappa shape index (κ1) is 21.7. The van der Waals surface area contributed by atoms with Crippen molar-refractivity contribution < 1.29 is 19.9 Å². The van der Waals surface area contributed by atoms with Crippen molar-refractivity contribution in [2.24, 2.45) is 0 Å². The number of ether oxygens (including phenoxy) is 1. The Kier molecular flexibility index (Phi) is 7.35. The van der Waals surface area contributed by atoms with Crippen LogP contribution in [0.4, 0.5) is 11.4 Å². The minimum absolute atomic E-state index is 0.00704. The summed E-state index contributed by atoms with van der Waals surface area (Å²) in [6.07, 6.45) is 0. The van der Waals surface area contributed by atoms with Crippen molar-refractivity contribution in [1.82, 2.24) is 0 Å². The van der Waals surface area contributed by atoms with Gasteiger partial charge in [-0.05, 0) is 25.0 Å². The van der Waals surface area contributed by atoms with Gasteiger partial charge in [0.2, 0.25) is 0 Å². The fourth-order valence-electron chi connectivity index (χ4n) is 2.21. The standard InChI is InChI=1S/C9H10ClNO3.C8H10ClNO2/c1-5(2)7-3-6(10)4-8(9(7)12)11(13)14;1-4-7(11)6(10)3-5(9)8(4)12-2/h3-5,12H,1-2H3;3,11H,10H2,1-2H3. The SMILES string of the molecule is CC(C)c1cc(Cl)cc([N+](=O)[O-])c1O.COc1c(Cl)cc(N)c(O)c1C. The number of benzene rings is 2. The molecule has 7 nitrogen and oxygen atoms in total. The number of nitrogens with zero attached hydrogens (tertiary/aromatic N) is 1. The van der Waals surface area contributed by atoms with Gasteiger partial charge in [0.05, 0.1) is 22.7 Å². The Morgan fingerprint density at radius 2 is 1.77 bits per heavy atom. The molecule has 2 rings (SSSR count). The van der Waals surface area contributed by atoms with Crippen LogP contribution in [0.15, 0.2) is 18.2 Å². The Hall–Kier alpha value is -2.38. The summed E-state index contributed by atoms with van der Waals surface area (Å²) < 4.78 is 4.96. The van der Waals surface area contributed by atoms with E-state index in [1.54, 1.807) is 6.92 Å². The Morgan fingerprint density at radius 3 is 2.23 bits per heavy atom. The highest BCUT2D eigenvalue weighted by Crippen LogP contribution is 2.38. The van der Waals surface area contributed by atoms with Crippen molar-refractivity contribution in [3.63, 3.8) is 0 Å². The van der Waals surface area contributed by atoms with E-state index in [1.165, 1.54) is 19.2 Å². The number of methoxy groups -OCH3 is 1. The normalized spacial score (nSPS) is 10.3. The largest absolute Gasteiger partial charge is 0.505 e. The van der Waals surface area contributed by atoms with Gasteiger partial charge < -0.3 is 20.7 Å². The van der Waals surface area contributed by atoms with Gasteiger partial charge >= 0.3 is 5.69 Å². The van der Waals surface area contributed by atoms with Crippen LogP contribution in [0.25, 0.3) is 0 Å². The molecule has 0 radical (unpaired) electrons. The second kappa shape index (κ2) is 8.82. The highest BCUT2D eigenvalue weighted by Gasteiger charge is 2.20. The lowest BCUT2D eigenvalue weighted by atomic mass is 10.0. The number of nitrogens with two attached hydrogens (primary N) is 1. The summed E-state index contributed by atoms with van der Waals surface area (Å²) in [5, 5.41) is 30.1. The topological polar surface area (TPSA) is 119 Å². The number of nitro benzene ring substituents is 1. The molecule has 4 N–H and O–H groups in total. The van der Waals surface area contributed by atoms with Crippen molar-refractivity contribution in [2.75, 3.05) is 12.8 Å². The van der Waals surface area contributed by atoms with Gasteiger partial charge in [-0.3, -0.25) is 10.1 Å². The maximum Gasteiger partial charge on any atom is 0.312 e. The third-order valence-corrected chi connectivity index (χ3v) is 4.07. The number of aromatic hydroxyl groups is 2. The van der Waals surface area contributed by atoms with Crippen molar-refractivity contribution in [1.29, 1.82) is 0 Å². The zero-order valence-corrected chi connectivity index (χ0v) is 16.2. The summed E-state index contributed by atoms with van der Waals surface area (Å²) in [4.78, 5) is 9.89. The number of hydrogen-bond acceptors (Lipinski definition) is 6. The minimum atomic E-state index is -0.646. The average Bonchev–Trinajstić information content (AvgIpc) is 2.55. The van der Waals surface area contributed by atoms with Crippen LogP contribution in [0, 0.1) is 17.0 Å². The fourth-order valence-corrected chi connectivity index (χ4v) is 2.77. The van der Waals surface area contributed by atoms with Crippen LogP contribution in [0.5, 0.6) is 17.2 Å². The molecule has 2 aromatic carbocycles. The molecular formula is C17H20Cl2N2O5. The van der Waals surface area contributed by atoms with E-state index in [0.717, 1.165) is 6.07 Å². The molecule has 0 amide bonds. The predicted molar refractivity (Wildman–Crippen MR) is 103 cm³/mol. The van der Waals surface area contributed by atoms with E-state index < -0.39 is 4.92 Å². The van der Waals surface area contributed by atoms with Crippen molar-refractivity contribution in [2.45, 2.75) is 26.7 Å². The van der Waals surface area contributed by atoms with E-state index in [0.29, 0.717) is 21.9 Å². The number of nitrogen functional groups attached to an aromatic ring is 1. The molecule has 2 aromatic rings. The Labute approximate surface area is 161 Å². The molecular weight excluding hydrogens is 383 g/mol. The van der Waals surface area contributed by atoms with Crippen LogP contribution >= 0.6 is 23.2 Å². The van der Waals surface area contributed by atoms with E-state index in [9.17, 15) is 20.3 Å². The maximum absolute atomic E-state index is 10.5. The van der Waals surface area contributed by atoms with Gasteiger partial charge in [-0.2, -0.15) is 0 Å². The Bertz CT molecular complexity index is 826. The molecule has 26 heavy (non-hydrogen) atoms. The van der Waals surface area contributed by atoms with Crippen LogP contribution in [0.1, 0.15) is 30.9 Å². The Morgan fingerprint density at radius 1 is 1.19 bits per heavy atom. The van der Waals surface area contributed by atoms with Gasteiger partial charge in [0.1, 0.15) is 11.5 Å². The van der Waals surface area contributed by atoms with E-state index in [4.69, 9.17) is 33.7 Å². The molecule has 0 aliphatic carbocycles. The second-order valence-corrected chi connectivity index (χ2v) is 6.57. The average molecular weight is 403 g/mol. The fraction of sp³-hybridized carbons (Fsp3) is 0.294. The zero-order chi connectivity index (χ0) is 20.2. The molecule has 0 saturated heterocycles. The molecule has 142 valence electrons. The van der Waals surface area contributed by atoms with E-state index in [2.05, 4.69) is 0 Å². The monoisotopic (exact) mass is 402 g/mol. The second-order valence-electron chi connectivity index (χ2n) is 5.73. The van der Waals surface area contributed by atoms with Gasteiger partial charge in [-0.1, -0.05) is 37.0 Å². The van der Waals surface area contributed by atoms with Crippen molar-refractivity contribution in [3.8, 4) is 17.2 Å². The van der Waals surface area contributed by atoms with E-state index >= 15 is 0 Å². The number of phenols is 2. The summed E-state index contributed by atoms with van der Waals surface area (Å²) in [6.45, 7) is 5.35. The number of hydrogen-bond donors (Lipinski definition) is 3. The summed E-state index contributed by atoms with van der Waals surface area (Å²) in [5.74, 6) is 0.182. The lowest BCUT2D eigenvalue weighted by Gasteiger charge is -2.10.